The number of carbonyl (C=O) groups is 1. The molecule has 0 unspecified atom stereocenters. The Hall–Kier alpha value is -1.62. The van der Waals surface area contributed by atoms with Crippen LogP contribution in [0.15, 0.2) is 24.3 Å². The van der Waals surface area contributed by atoms with E-state index >= 15 is 0 Å². The zero-order valence-corrected chi connectivity index (χ0v) is 12.2. The van der Waals surface area contributed by atoms with Crippen LogP contribution in [0.2, 0.25) is 0 Å². The smallest absolute Gasteiger partial charge is 0.257 e. The van der Waals surface area contributed by atoms with E-state index in [-0.39, 0.29) is 17.5 Å². The normalized spacial score (nSPS) is 13.8. The van der Waals surface area contributed by atoms with Crippen LogP contribution in [0.25, 0.3) is 0 Å². The molecule has 1 aliphatic carbocycles. The van der Waals surface area contributed by atoms with E-state index in [1.54, 1.807) is 12.1 Å². The van der Waals surface area contributed by atoms with Gasteiger partial charge in [-0.1, -0.05) is 37.2 Å². The Bertz CT molecular complexity index is 487. The summed E-state index contributed by atoms with van der Waals surface area (Å²) in [4.78, 5) is 11.9. The average Bonchev–Trinajstić information content (AvgIpc) is 3.25. The van der Waals surface area contributed by atoms with Crippen molar-refractivity contribution in [3.8, 4) is 5.75 Å². The van der Waals surface area contributed by atoms with E-state index in [4.69, 9.17) is 22.7 Å². The first-order valence-corrected chi connectivity index (χ1v) is 7.36. The third-order valence-corrected chi connectivity index (χ3v) is 3.54. The minimum absolute atomic E-state index is 0.0109. The second-order valence-electron chi connectivity index (χ2n) is 5.08. The highest BCUT2D eigenvalue weighted by molar-refractivity contribution is 7.80. The lowest BCUT2D eigenvalue weighted by Crippen LogP contribution is -2.30. The molecular formula is C15H20N2O2S. The van der Waals surface area contributed by atoms with E-state index < -0.39 is 0 Å². The maximum Gasteiger partial charge on any atom is 0.257 e. The highest BCUT2D eigenvalue weighted by Crippen LogP contribution is 2.33. The molecule has 0 atom stereocenters. The summed E-state index contributed by atoms with van der Waals surface area (Å²) < 4.78 is 5.47. The van der Waals surface area contributed by atoms with Crippen LogP contribution in [-0.2, 0) is 4.79 Å². The molecule has 108 valence electrons. The van der Waals surface area contributed by atoms with Crippen molar-refractivity contribution in [1.29, 1.82) is 0 Å². The summed E-state index contributed by atoms with van der Waals surface area (Å²) in [5, 5.41) is 2.86. The van der Waals surface area contributed by atoms with Gasteiger partial charge >= 0.3 is 0 Å². The maximum atomic E-state index is 11.7. The molecule has 1 saturated carbocycles. The summed E-state index contributed by atoms with van der Waals surface area (Å²) in [6, 6.07) is 7.20. The van der Waals surface area contributed by atoms with Crippen LogP contribution < -0.4 is 15.8 Å². The summed E-state index contributed by atoms with van der Waals surface area (Å²) in [6.45, 7) is 0.707. The van der Waals surface area contributed by atoms with Gasteiger partial charge in [0.1, 0.15) is 10.7 Å². The molecule has 1 aromatic rings. The molecule has 0 bridgehead atoms. The second-order valence-corrected chi connectivity index (χ2v) is 5.52. The van der Waals surface area contributed by atoms with Gasteiger partial charge in [-0.2, -0.15) is 0 Å². The van der Waals surface area contributed by atoms with Gasteiger partial charge in [0.25, 0.3) is 5.91 Å². The zero-order valence-electron chi connectivity index (χ0n) is 11.4. The van der Waals surface area contributed by atoms with E-state index in [9.17, 15) is 4.79 Å². The number of benzene rings is 1. The first-order valence-electron chi connectivity index (χ1n) is 6.95. The standard InChI is InChI=1S/C15H20N2O2S/c16-15(20)12-5-1-2-6-13(12)19-10-14(18)17-9-3-4-11-7-8-11/h1-2,5-6,11H,3-4,7-10H2,(H2,16,20)(H,17,18). The molecule has 1 amide bonds. The van der Waals surface area contributed by atoms with Crippen molar-refractivity contribution in [2.24, 2.45) is 11.7 Å². The van der Waals surface area contributed by atoms with Crippen LogP contribution in [-0.4, -0.2) is 24.0 Å². The van der Waals surface area contributed by atoms with Gasteiger partial charge in [-0.05, 0) is 30.9 Å². The lowest BCUT2D eigenvalue weighted by atomic mass is 10.2. The SMILES string of the molecule is NC(=S)c1ccccc1OCC(=O)NCCCC1CC1. The van der Waals surface area contributed by atoms with Gasteiger partial charge in [0.05, 0.1) is 5.56 Å². The number of carbonyl (C=O) groups excluding carboxylic acids is 1. The van der Waals surface area contributed by atoms with Gasteiger partial charge in [-0.3, -0.25) is 4.79 Å². The fourth-order valence-electron chi connectivity index (χ4n) is 2.02. The van der Waals surface area contributed by atoms with Gasteiger partial charge < -0.3 is 15.8 Å². The molecule has 20 heavy (non-hydrogen) atoms. The minimum atomic E-state index is -0.112. The number of hydrogen-bond acceptors (Lipinski definition) is 3. The van der Waals surface area contributed by atoms with Crippen LogP contribution in [0, 0.1) is 5.92 Å². The van der Waals surface area contributed by atoms with Crippen molar-refractivity contribution in [3.05, 3.63) is 29.8 Å². The van der Waals surface area contributed by atoms with Gasteiger partial charge in [0.2, 0.25) is 0 Å². The number of nitrogens with one attached hydrogen (secondary N) is 1. The van der Waals surface area contributed by atoms with Gasteiger partial charge in [0.15, 0.2) is 6.61 Å². The van der Waals surface area contributed by atoms with Crippen LogP contribution in [0.1, 0.15) is 31.2 Å². The number of rotatable bonds is 8. The molecule has 1 fully saturated rings. The topological polar surface area (TPSA) is 64.3 Å². The summed E-state index contributed by atoms with van der Waals surface area (Å²) in [7, 11) is 0. The molecule has 5 heteroatoms. The van der Waals surface area contributed by atoms with E-state index in [0.717, 1.165) is 18.9 Å². The molecule has 0 saturated heterocycles. The van der Waals surface area contributed by atoms with Gasteiger partial charge in [-0.25, -0.2) is 0 Å². The molecule has 3 N–H and O–H groups in total. The van der Waals surface area contributed by atoms with E-state index in [2.05, 4.69) is 5.32 Å². The van der Waals surface area contributed by atoms with Crippen molar-refractivity contribution >= 4 is 23.1 Å². The fourth-order valence-corrected chi connectivity index (χ4v) is 2.18. The molecule has 0 spiro atoms. The third-order valence-electron chi connectivity index (χ3n) is 3.32. The zero-order chi connectivity index (χ0) is 14.4. The van der Waals surface area contributed by atoms with Crippen LogP contribution in [0.5, 0.6) is 5.75 Å². The number of para-hydroxylation sites is 1. The van der Waals surface area contributed by atoms with Crippen molar-refractivity contribution in [1.82, 2.24) is 5.32 Å². The molecule has 1 aliphatic rings. The Morgan fingerprint density at radius 1 is 1.40 bits per heavy atom. The molecule has 4 nitrogen and oxygen atoms in total. The predicted molar refractivity (Wildman–Crippen MR) is 82.8 cm³/mol. The molecule has 0 radical (unpaired) electrons. The quantitative estimate of drug-likeness (QED) is 0.568. The van der Waals surface area contributed by atoms with E-state index in [1.807, 2.05) is 12.1 Å². The van der Waals surface area contributed by atoms with Crippen LogP contribution >= 0.6 is 12.2 Å². The summed E-state index contributed by atoms with van der Waals surface area (Å²) in [6.07, 6.45) is 4.96. The monoisotopic (exact) mass is 292 g/mol. The summed E-state index contributed by atoms with van der Waals surface area (Å²) in [5.74, 6) is 1.34. The van der Waals surface area contributed by atoms with Crippen molar-refractivity contribution in [2.45, 2.75) is 25.7 Å². The Morgan fingerprint density at radius 2 is 2.15 bits per heavy atom. The third kappa shape index (κ3) is 4.81. The van der Waals surface area contributed by atoms with Gasteiger partial charge in [-0.15, -0.1) is 0 Å². The molecular weight excluding hydrogens is 272 g/mol. The van der Waals surface area contributed by atoms with E-state index in [0.29, 0.717) is 11.3 Å². The number of hydrogen-bond donors (Lipinski definition) is 2. The number of ether oxygens (including phenoxy) is 1. The fraction of sp³-hybridized carbons (Fsp3) is 0.467. The Labute approximate surface area is 124 Å². The molecule has 2 rings (SSSR count). The molecule has 0 aromatic heterocycles. The maximum absolute atomic E-state index is 11.7. The molecule has 0 heterocycles. The molecule has 0 aliphatic heterocycles. The summed E-state index contributed by atoms with van der Waals surface area (Å²) in [5.41, 5.74) is 6.26. The highest BCUT2D eigenvalue weighted by Gasteiger charge is 2.20. The van der Waals surface area contributed by atoms with Crippen LogP contribution in [0.3, 0.4) is 0 Å². The van der Waals surface area contributed by atoms with Crippen molar-refractivity contribution < 1.29 is 9.53 Å². The Balaban J connectivity index is 1.70. The lowest BCUT2D eigenvalue weighted by Gasteiger charge is -2.10. The second kappa shape index (κ2) is 7.24. The Kier molecular flexibility index (Phi) is 5.35. The highest BCUT2D eigenvalue weighted by atomic mass is 32.1. The summed E-state index contributed by atoms with van der Waals surface area (Å²) >= 11 is 4.94. The van der Waals surface area contributed by atoms with Crippen molar-refractivity contribution in [2.75, 3.05) is 13.2 Å². The van der Waals surface area contributed by atoms with Crippen LogP contribution in [0.4, 0.5) is 0 Å². The first kappa shape index (κ1) is 14.8. The Morgan fingerprint density at radius 3 is 2.85 bits per heavy atom. The van der Waals surface area contributed by atoms with E-state index in [1.165, 1.54) is 19.3 Å². The number of nitrogens with two attached hydrogens (primary N) is 1. The minimum Gasteiger partial charge on any atom is -0.483 e. The number of thiocarbonyl (C=S) groups is 1. The largest absolute Gasteiger partial charge is 0.483 e. The molecule has 1 aromatic carbocycles. The van der Waals surface area contributed by atoms with Gasteiger partial charge in [0, 0.05) is 6.54 Å². The lowest BCUT2D eigenvalue weighted by molar-refractivity contribution is -0.123. The van der Waals surface area contributed by atoms with Crippen molar-refractivity contribution in [3.63, 3.8) is 0 Å². The average molecular weight is 292 g/mol. The predicted octanol–water partition coefficient (Wildman–Crippen LogP) is 2.01. The first-order chi connectivity index (χ1) is 9.66. The number of amides is 1.